The molecule has 0 aliphatic rings. The topological polar surface area (TPSA) is 79.5 Å². The van der Waals surface area contributed by atoms with E-state index in [1.54, 1.807) is 42.5 Å². The second-order valence-electron chi connectivity index (χ2n) is 4.29. The van der Waals surface area contributed by atoms with Crippen LogP contribution in [0.15, 0.2) is 42.5 Å². The summed E-state index contributed by atoms with van der Waals surface area (Å²) in [5.74, 6) is 0.500. The molecule has 5 nitrogen and oxygen atoms in total. The lowest BCUT2D eigenvalue weighted by molar-refractivity contribution is -0.136. The van der Waals surface area contributed by atoms with Crippen LogP contribution in [0, 0.1) is 11.3 Å². The molecule has 0 bridgehead atoms. The van der Waals surface area contributed by atoms with Gasteiger partial charge in [-0.2, -0.15) is 5.26 Å². The molecule has 2 aromatic rings. The maximum atomic E-state index is 10.7. The first-order valence-corrected chi connectivity index (χ1v) is 6.19. The van der Waals surface area contributed by atoms with Crippen LogP contribution in [0.4, 0.5) is 0 Å². The van der Waals surface area contributed by atoms with Crippen LogP contribution in [0.3, 0.4) is 0 Å². The van der Waals surface area contributed by atoms with Gasteiger partial charge in [0.2, 0.25) is 0 Å². The monoisotopic (exact) mass is 283 g/mol. The van der Waals surface area contributed by atoms with E-state index in [2.05, 4.69) is 0 Å². The standard InChI is InChI=1S/C16H13NO4/c1-20-13-6-5-12(10-17)15(9-13)21-14-4-2-3-11(7-14)8-16(18)19/h2-7,9H,8H2,1H3,(H,18,19). The number of hydrogen-bond acceptors (Lipinski definition) is 4. The molecule has 0 saturated heterocycles. The Bertz CT molecular complexity index is 704. The molecule has 106 valence electrons. The highest BCUT2D eigenvalue weighted by atomic mass is 16.5. The average Bonchev–Trinajstić information content (AvgIpc) is 2.47. The second-order valence-corrected chi connectivity index (χ2v) is 4.29. The van der Waals surface area contributed by atoms with Crippen LogP contribution in [0.25, 0.3) is 0 Å². The molecular weight excluding hydrogens is 270 g/mol. The van der Waals surface area contributed by atoms with Crippen molar-refractivity contribution in [2.24, 2.45) is 0 Å². The van der Waals surface area contributed by atoms with E-state index >= 15 is 0 Å². The van der Waals surface area contributed by atoms with Gasteiger partial charge in [-0.05, 0) is 29.8 Å². The van der Waals surface area contributed by atoms with Gasteiger partial charge < -0.3 is 14.6 Å². The SMILES string of the molecule is COc1ccc(C#N)c(Oc2cccc(CC(=O)O)c2)c1. The van der Waals surface area contributed by atoms with Crippen molar-refractivity contribution < 1.29 is 19.4 Å². The van der Waals surface area contributed by atoms with Gasteiger partial charge >= 0.3 is 5.97 Å². The third-order valence-corrected chi connectivity index (χ3v) is 2.79. The van der Waals surface area contributed by atoms with Gasteiger partial charge in [-0.15, -0.1) is 0 Å². The fraction of sp³-hybridized carbons (Fsp3) is 0.125. The van der Waals surface area contributed by atoms with Gasteiger partial charge in [-0.1, -0.05) is 12.1 Å². The van der Waals surface area contributed by atoms with E-state index < -0.39 is 5.97 Å². The first-order chi connectivity index (χ1) is 10.1. The molecule has 2 aromatic carbocycles. The Hall–Kier alpha value is -3.00. The number of methoxy groups -OCH3 is 1. The van der Waals surface area contributed by atoms with Crippen molar-refractivity contribution in [1.29, 1.82) is 5.26 Å². The predicted octanol–water partition coefficient (Wildman–Crippen LogP) is 2.99. The molecule has 0 aromatic heterocycles. The third-order valence-electron chi connectivity index (χ3n) is 2.79. The van der Waals surface area contributed by atoms with Gasteiger partial charge in [0.05, 0.1) is 19.1 Å². The summed E-state index contributed by atoms with van der Waals surface area (Å²) in [6.07, 6.45) is -0.0829. The van der Waals surface area contributed by atoms with Gasteiger partial charge in [0.15, 0.2) is 0 Å². The molecule has 0 fully saturated rings. The summed E-state index contributed by atoms with van der Waals surface area (Å²) in [7, 11) is 1.53. The maximum Gasteiger partial charge on any atom is 0.307 e. The van der Waals surface area contributed by atoms with Crippen molar-refractivity contribution in [2.75, 3.05) is 7.11 Å². The Morgan fingerprint density at radius 2 is 2.05 bits per heavy atom. The molecule has 2 rings (SSSR count). The van der Waals surface area contributed by atoms with E-state index in [4.69, 9.17) is 19.8 Å². The molecule has 0 saturated carbocycles. The van der Waals surface area contributed by atoms with Crippen LogP contribution in [0.2, 0.25) is 0 Å². The van der Waals surface area contributed by atoms with Crippen molar-refractivity contribution in [3.05, 3.63) is 53.6 Å². The van der Waals surface area contributed by atoms with Crippen LogP contribution in [-0.2, 0) is 11.2 Å². The fourth-order valence-electron chi connectivity index (χ4n) is 1.83. The second kappa shape index (κ2) is 6.44. The number of rotatable bonds is 5. The molecule has 0 amide bonds. The van der Waals surface area contributed by atoms with Crippen molar-refractivity contribution in [3.8, 4) is 23.3 Å². The van der Waals surface area contributed by atoms with Gasteiger partial charge in [0, 0.05) is 6.07 Å². The predicted molar refractivity (Wildman–Crippen MR) is 75.6 cm³/mol. The summed E-state index contributed by atoms with van der Waals surface area (Å²) in [6, 6.07) is 13.7. The van der Waals surface area contributed by atoms with Crippen LogP contribution in [0.1, 0.15) is 11.1 Å². The number of nitrogens with zero attached hydrogens (tertiary/aromatic N) is 1. The minimum atomic E-state index is -0.911. The zero-order valence-corrected chi connectivity index (χ0v) is 11.4. The Morgan fingerprint density at radius 3 is 2.71 bits per heavy atom. The Balaban J connectivity index is 2.29. The van der Waals surface area contributed by atoms with Gasteiger partial charge in [-0.3, -0.25) is 4.79 Å². The van der Waals surface area contributed by atoms with Gasteiger partial charge in [0.25, 0.3) is 0 Å². The molecule has 0 radical (unpaired) electrons. The normalized spacial score (nSPS) is 9.71. The molecule has 0 unspecified atom stereocenters. The quantitative estimate of drug-likeness (QED) is 0.912. The van der Waals surface area contributed by atoms with Crippen LogP contribution in [0.5, 0.6) is 17.2 Å². The molecule has 0 spiro atoms. The number of carboxylic acid groups (broad SMARTS) is 1. The first-order valence-electron chi connectivity index (χ1n) is 6.19. The zero-order chi connectivity index (χ0) is 15.2. The van der Waals surface area contributed by atoms with Crippen molar-refractivity contribution in [2.45, 2.75) is 6.42 Å². The van der Waals surface area contributed by atoms with Gasteiger partial charge in [-0.25, -0.2) is 0 Å². The Labute approximate surface area is 122 Å². The van der Waals surface area contributed by atoms with E-state index in [1.807, 2.05) is 6.07 Å². The summed E-state index contributed by atoms with van der Waals surface area (Å²) < 4.78 is 10.8. The number of carboxylic acids is 1. The molecule has 0 heterocycles. The summed E-state index contributed by atoms with van der Waals surface area (Å²) in [4.78, 5) is 10.7. The molecule has 0 aliphatic heterocycles. The summed E-state index contributed by atoms with van der Waals surface area (Å²) in [5.41, 5.74) is 1.00. The number of nitriles is 1. The molecule has 0 aliphatic carbocycles. The van der Waals surface area contributed by atoms with E-state index in [-0.39, 0.29) is 6.42 Å². The number of hydrogen-bond donors (Lipinski definition) is 1. The Morgan fingerprint density at radius 1 is 1.24 bits per heavy atom. The lowest BCUT2D eigenvalue weighted by Crippen LogP contribution is -2.00. The molecular formula is C16H13NO4. The average molecular weight is 283 g/mol. The number of ether oxygens (including phenoxy) is 2. The Kier molecular flexibility index (Phi) is 4.42. The third kappa shape index (κ3) is 3.74. The molecule has 0 atom stereocenters. The lowest BCUT2D eigenvalue weighted by Gasteiger charge is -2.10. The fourth-order valence-corrected chi connectivity index (χ4v) is 1.83. The lowest BCUT2D eigenvalue weighted by atomic mass is 10.1. The molecule has 5 heteroatoms. The maximum absolute atomic E-state index is 10.7. The number of aliphatic carboxylic acids is 1. The van der Waals surface area contributed by atoms with Crippen LogP contribution in [-0.4, -0.2) is 18.2 Å². The van der Waals surface area contributed by atoms with Gasteiger partial charge in [0.1, 0.15) is 23.3 Å². The summed E-state index contributed by atoms with van der Waals surface area (Å²) >= 11 is 0. The first kappa shape index (κ1) is 14.4. The zero-order valence-electron chi connectivity index (χ0n) is 11.4. The summed E-state index contributed by atoms with van der Waals surface area (Å²) in [5, 5.41) is 17.9. The largest absolute Gasteiger partial charge is 0.497 e. The minimum Gasteiger partial charge on any atom is -0.497 e. The highest BCUT2D eigenvalue weighted by Gasteiger charge is 2.08. The minimum absolute atomic E-state index is 0.0829. The van der Waals surface area contributed by atoms with Crippen molar-refractivity contribution >= 4 is 5.97 Å². The van der Waals surface area contributed by atoms with E-state index in [1.165, 1.54) is 7.11 Å². The number of benzene rings is 2. The number of carbonyl (C=O) groups is 1. The van der Waals surface area contributed by atoms with Crippen molar-refractivity contribution in [1.82, 2.24) is 0 Å². The highest BCUT2D eigenvalue weighted by Crippen LogP contribution is 2.29. The van der Waals surface area contributed by atoms with E-state index in [0.717, 1.165) is 0 Å². The van der Waals surface area contributed by atoms with E-state index in [9.17, 15) is 4.79 Å². The van der Waals surface area contributed by atoms with Crippen LogP contribution < -0.4 is 9.47 Å². The molecule has 1 N–H and O–H groups in total. The smallest absolute Gasteiger partial charge is 0.307 e. The molecule has 21 heavy (non-hydrogen) atoms. The van der Waals surface area contributed by atoms with Crippen LogP contribution >= 0.6 is 0 Å². The van der Waals surface area contributed by atoms with Crippen molar-refractivity contribution in [3.63, 3.8) is 0 Å². The highest BCUT2D eigenvalue weighted by molar-refractivity contribution is 5.70. The summed E-state index contributed by atoms with van der Waals surface area (Å²) in [6.45, 7) is 0. The van der Waals surface area contributed by atoms with E-state index in [0.29, 0.717) is 28.4 Å².